The van der Waals surface area contributed by atoms with Gasteiger partial charge in [-0.3, -0.25) is 4.79 Å². The van der Waals surface area contributed by atoms with E-state index in [0.29, 0.717) is 0 Å². The SMILES string of the molecule is CCC1\C=C/C=C\C=C/C1=O. The minimum absolute atomic E-state index is 0.0798. The molecule has 0 aromatic heterocycles. The van der Waals surface area contributed by atoms with Crippen LogP contribution in [0.3, 0.4) is 0 Å². The summed E-state index contributed by atoms with van der Waals surface area (Å²) >= 11 is 0. The monoisotopic (exact) mass is 148 g/mol. The number of hydrogen-bond acceptors (Lipinski definition) is 1. The van der Waals surface area contributed by atoms with Gasteiger partial charge in [0.15, 0.2) is 5.78 Å². The highest BCUT2D eigenvalue weighted by atomic mass is 16.1. The Balaban J connectivity index is 2.79. The fourth-order valence-corrected chi connectivity index (χ4v) is 1.03. The van der Waals surface area contributed by atoms with E-state index in [1.165, 1.54) is 0 Å². The summed E-state index contributed by atoms with van der Waals surface area (Å²) in [7, 11) is 0. The maximum absolute atomic E-state index is 11.2. The Morgan fingerprint density at radius 2 is 2.00 bits per heavy atom. The van der Waals surface area contributed by atoms with Crippen LogP contribution in [0.1, 0.15) is 13.3 Å². The third-order valence-corrected chi connectivity index (χ3v) is 1.74. The topological polar surface area (TPSA) is 17.1 Å². The third-order valence-electron chi connectivity index (χ3n) is 1.74. The van der Waals surface area contributed by atoms with Crippen LogP contribution in [0.15, 0.2) is 36.5 Å². The third kappa shape index (κ3) is 2.19. The van der Waals surface area contributed by atoms with Crippen LogP contribution >= 0.6 is 0 Å². The molecule has 1 nitrogen and oxygen atoms in total. The first-order valence-corrected chi connectivity index (χ1v) is 3.90. The predicted octanol–water partition coefficient (Wildman–Crippen LogP) is 2.26. The molecule has 0 radical (unpaired) electrons. The number of rotatable bonds is 1. The molecule has 0 aromatic rings. The highest BCUT2D eigenvalue weighted by Crippen LogP contribution is 2.08. The summed E-state index contributed by atoms with van der Waals surface area (Å²) < 4.78 is 0. The predicted molar refractivity (Wildman–Crippen MR) is 46.2 cm³/mol. The lowest BCUT2D eigenvalue weighted by atomic mass is 9.99. The van der Waals surface area contributed by atoms with Crippen molar-refractivity contribution in [3.05, 3.63) is 36.5 Å². The molecule has 11 heavy (non-hydrogen) atoms. The van der Waals surface area contributed by atoms with Gasteiger partial charge in [-0.2, -0.15) is 0 Å². The van der Waals surface area contributed by atoms with E-state index in [-0.39, 0.29) is 11.7 Å². The molecule has 0 saturated carbocycles. The molecule has 0 amide bonds. The molecule has 0 heterocycles. The Bertz CT molecular complexity index is 221. The highest BCUT2D eigenvalue weighted by Gasteiger charge is 2.08. The largest absolute Gasteiger partial charge is 0.294 e. The Hall–Kier alpha value is -1.11. The second-order valence-electron chi connectivity index (χ2n) is 2.55. The van der Waals surface area contributed by atoms with Gasteiger partial charge in [-0.15, -0.1) is 0 Å². The highest BCUT2D eigenvalue weighted by molar-refractivity contribution is 5.93. The second-order valence-corrected chi connectivity index (χ2v) is 2.55. The van der Waals surface area contributed by atoms with E-state index in [9.17, 15) is 4.79 Å². The zero-order chi connectivity index (χ0) is 8.10. The van der Waals surface area contributed by atoms with Crippen molar-refractivity contribution in [1.82, 2.24) is 0 Å². The Kier molecular flexibility index (Phi) is 2.84. The molecule has 1 aliphatic rings. The van der Waals surface area contributed by atoms with Crippen LogP contribution in [0, 0.1) is 5.92 Å². The number of hydrogen-bond donors (Lipinski definition) is 0. The van der Waals surface area contributed by atoms with E-state index in [0.717, 1.165) is 6.42 Å². The normalized spacial score (nSPS) is 32.1. The van der Waals surface area contributed by atoms with Gasteiger partial charge in [0.25, 0.3) is 0 Å². The van der Waals surface area contributed by atoms with Crippen LogP contribution in [-0.2, 0) is 4.79 Å². The fourth-order valence-electron chi connectivity index (χ4n) is 1.03. The first-order valence-electron chi connectivity index (χ1n) is 3.90. The van der Waals surface area contributed by atoms with Gasteiger partial charge in [-0.05, 0) is 12.5 Å². The number of allylic oxidation sites excluding steroid dienone is 6. The maximum Gasteiger partial charge on any atom is 0.162 e. The lowest BCUT2D eigenvalue weighted by Gasteiger charge is -2.04. The molecular weight excluding hydrogens is 136 g/mol. The van der Waals surface area contributed by atoms with Gasteiger partial charge in [-0.25, -0.2) is 0 Å². The molecule has 0 fully saturated rings. The maximum atomic E-state index is 11.2. The van der Waals surface area contributed by atoms with Gasteiger partial charge >= 0.3 is 0 Å². The second kappa shape index (κ2) is 3.91. The minimum atomic E-state index is 0.0798. The van der Waals surface area contributed by atoms with Crippen LogP contribution in [-0.4, -0.2) is 5.78 Å². The van der Waals surface area contributed by atoms with Crippen molar-refractivity contribution in [3.63, 3.8) is 0 Å². The summed E-state index contributed by atoms with van der Waals surface area (Å²) in [5, 5.41) is 0. The van der Waals surface area contributed by atoms with Crippen LogP contribution in [0.25, 0.3) is 0 Å². The zero-order valence-corrected chi connectivity index (χ0v) is 6.66. The average molecular weight is 148 g/mol. The van der Waals surface area contributed by atoms with Crippen molar-refractivity contribution >= 4 is 5.78 Å². The van der Waals surface area contributed by atoms with E-state index < -0.39 is 0 Å². The van der Waals surface area contributed by atoms with Gasteiger partial charge in [0.05, 0.1) is 0 Å². The zero-order valence-electron chi connectivity index (χ0n) is 6.66. The molecule has 1 atom stereocenters. The van der Waals surface area contributed by atoms with Gasteiger partial charge in [-0.1, -0.05) is 37.3 Å². The van der Waals surface area contributed by atoms with Gasteiger partial charge in [0.2, 0.25) is 0 Å². The van der Waals surface area contributed by atoms with Crippen molar-refractivity contribution in [1.29, 1.82) is 0 Å². The van der Waals surface area contributed by atoms with Crippen LogP contribution in [0.2, 0.25) is 0 Å². The van der Waals surface area contributed by atoms with E-state index in [1.807, 2.05) is 31.2 Å². The molecule has 1 heteroatoms. The first-order chi connectivity index (χ1) is 5.34. The summed E-state index contributed by atoms with van der Waals surface area (Å²) in [5.74, 6) is 0.282. The number of ketones is 1. The van der Waals surface area contributed by atoms with Gasteiger partial charge < -0.3 is 0 Å². The molecule has 1 aliphatic carbocycles. The number of carbonyl (C=O) groups is 1. The van der Waals surface area contributed by atoms with Crippen molar-refractivity contribution in [3.8, 4) is 0 Å². The Labute approximate surface area is 67.1 Å². The Morgan fingerprint density at radius 3 is 2.73 bits per heavy atom. The molecule has 1 unspecified atom stereocenters. The van der Waals surface area contributed by atoms with E-state index in [1.54, 1.807) is 12.2 Å². The molecule has 0 saturated heterocycles. The summed E-state index contributed by atoms with van der Waals surface area (Å²) in [6.45, 7) is 2.02. The lowest BCUT2D eigenvalue weighted by Crippen LogP contribution is -2.07. The van der Waals surface area contributed by atoms with E-state index in [2.05, 4.69) is 0 Å². The van der Waals surface area contributed by atoms with Crippen LogP contribution < -0.4 is 0 Å². The summed E-state index contributed by atoms with van der Waals surface area (Å²) in [6.07, 6.45) is 12.0. The number of carbonyl (C=O) groups excluding carboxylic acids is 1. The van der Waals surface area contributed by atoms with Crippen molar-refractivity contribution in [2.45, 2.75) is 13.3 Å². The summed E-state index contributed by atoms with van der Waals surface area (Å²) in [5.41, 5.74) is 0. The molecule has 1 rings (SSSR count). The standard InChI is InChI=1S/C10H12O/c1-2-9-7-5-3-4-6-8-10(9)11/h3-9H,2H2,1H3/b4-3-,7-5-,8-6-. The van der Waals surface area contributed by atoms with Crippen molar-refractivity contribution < 1.29 is 4.79 Å². The molecule has 0 aromatic carbocycles. The molecular formula is C10H12O. The molecule has 0 N–H and O–H groups in total. The quantitative estimate of drug-likeness (QED) is 0.557. The van der Waals surface area contributed by atoms with Gasteiger partial charge in [0, 0.05) is 5.92 Å². The molecule has 0 aliphatic heterocycles. The summed E-state index contributed by atoms with van der Waals surface area (Å²) in [4.78, 5) is 11.2. The van der Waals surface area contributed by atoms with Gasteiger partial charge in [0.1, 0.15) is 0 Å². The molecule has 0 spiro atoms. The smallest absolute Gasteiger partial charge is 0.162 e. The fraction of sp³-hybridized carbons (Fsp3) is 0.300. The van der Waals surface area contributed by atoms with Crippen molar-refractivity contribution in [2.75, 3.05) is 0 Å². The lowest BCUT2D eigenvalue weighted by molar-refractivity contribution is -0.116. The molecule has 0 bridgehead atoms. The minimum Gasteiger partial charge on any atom is -0.294 e. The van der Waals surface area contributed by atoms with E-state index >= 15 is 0 Å². The first kappa shape index (κ1) is 7.99. The van der Waals surface area contributed by atoms with E-state index in [4.69, 9.17) is 0 Å². The Morgan fingerprint density at radius 1 is 1.27 bits per heavy atom. The van der Waals surface area contributed by atoms with Crippen LogP contribution in [0.5, 0.6) is 0 Å². The molecule has 58 valence electrons. The average Bonchev–Trinajstić information content (AvgIpc) is 1.98. The van der Waals surface area contributed by atoms with Crippen LogP contribution in [0.4, 0.5) is 0 Å². The summed E-state index contributed by atoms with van der Waals surface area (Å²) in [6, 6.07) is 0. The van der Waals surface area contributed by atoms with Crippen molar-refractivity contribution in [2.24, 2.45) is 5.92 Å².